The van der Waals surface area contributed by atoms with Crippen LogP contribution in [0.4, 0.5) is 16.0 Å². The van der Waals surface area contributed by atoms with Gasteiger partial charge in [-0.25, -0.2) is 9.07 Å². The summed E-state index contributed by atoms with van der Waals surface area (Å²) in [6, 6.07) is 18.2. The summed E-state index contributed by atoms with van der Waals surface area (Å²) in [6.45, 7) is 2.08. The van der Waals surface area contributed by atoms with Crippen molar-refractivity contribution in [2.45, 2.75) is 19.6 Å². The van der Waals surface area contributed by atoms with E-state index in [9.17, 15) is 9.18 Å². The van der Waals surface area contributed by atoms with Crippen LogP contribution in [0, 0.1) is 5.82 Å². The molecule has 1 aromatic heterocycles. The van der Waals surface area contributed by atoms with E-state index >= 15 is 0 Å². The molecule has 38 heavy (non-hydrogen) atoms. The summed E-state index contributed by atoms with van der Waals surface area (Å²) in [5, 5.41) is 10.5. The van der Waals surface area contributed by atoms with E-state index in [-0.39, 0.29) is 18.3 Å². The molecule has 194 valence electrons. The van der Waals surface area contributed by atoms with E-state index in [0.717, 1.165) is 11.1 Å². The van der Waals surface area contributed by atoms with E-state index < -0.39 is 6.04 Å². The molecule has 0 unspecified atom stereocenters. The van der Waals surface area contributed by atoms with Crippen molar-refractivity contribution in [1.29, 1.82) is 0 Å². The predicted molar refractivity (Wildman–Crippen MR) is 140 cm³/mol. The molecule has 1 amide bonds. The number of benzene rings is 3. The number of halogens is 1. The molecule has 9 nitrogen and oxygen atoms in total. The maximum atomic E-state index is 13.8. The first-order valence-electron chi connectivity index (χ1n) is 11.8. The zero-order valence-electron chi connectivity index (χ0n) is 21.1. The number of carbonyl (C=O) groups excluding carboxylic acids is 1. The second kappa shape index (κ2) is 10.6. The number of nitrogens with zero attached hydrogens (tertiary/aromatic N) is 3. The Bertz CT molecular complexity index is 1500. The first-order chi connectivity index (χ1) is 18.5. The summed E-state index contributed by atoms with van der Waals surface area (Å²) in [6.07, 6.45) is 1.43. The first kappa shape index (κ1) is 24.8. The molecule has 1 aliphatic rings. The third-order valence-electron chi connectivity index (χ3n) is 6.19. The molecule has 0 spiro atoms. The minimum Gasteiger partial charge on any atom is -0.497 e. The minimum absolute atomic E-state index is 0.266. The third-order valence-corrected chi connectivity index (χ3v) is 6.19. The van der Waals surface area contributed by atoms with E-state index in [1.54, 1.807) is 42.1 Å². The maximum Gasteiger partial charge on any atom is 0.255 e. The summed E-state index contributed by atoms with van der Waals surface area (Å²) in [7, 11) is 3.09. The van der Waals surface area contributed by atoms with E-state index in [2.05, 4.69) is 20.7 Å². The van der Waals surface area contributed by atoms with Gasteiger partial charge < -0.3 is 24.8 Å². The Kier molecular flexibility index (Phi) is 6.94. The number of rotatable bonds is 8. The quantitative estimate of drug-likeness (QED) is 0.343. The molecule has 0 saturated heterocycles. The number of ether oxygens (including phenoxy) is 3. The summed E-state index contributed by atoms with van der Waals surface area (Å²) < 4.78 is 31.6. The molecule has 1 aliphatic heterocycles. The average molecular weight is 516 g/mol. The topological polar surface area (TPSA) is 99.5 Å². The van der Waals surface area contributed by atoms with Crippen molar-refractivity contribution in [2.75, 3.05) is 24.9 Å². The lowest BCUT2D eigenvalue weighted by molar-refractivity contribution is -0.113. The fourth-order valence-electron chi connectivity index (χ4n) is 4.32. The van der Waals surface area contributed by atoms with Gasteiger partial charge in [-0.3, -0.25) is 4.79 Å². The Morgan fingerprint density at radius 2 is 1.87 bits per heavy atom. The van der Waals surface area contributed by atoms with Gasteiger partial charge in [-0.1, -0.05) is 24.3 Å². The van der Waals surface area contributed by atoms with Crippen LogP contribution in [0.5, 0.6) is 17.2 Å². The Balaban J connectivity index is 1.47. The van der Waals surface area contributed by atoms with Crippen molar-refractivity contribution in [2.24, 2.45) is 0 Å². The van der Waals surface area contributed by atoms with Crippen LogP contribution in [-0.2, 0) is 11.4 Å². The second-order valence-corrected chi connectivity index (χ2v) is 8.60. The number of anilines is 2. The molecule has 3 aromatic carbocycles. The third kappa shape index (κ3) is 5.01. The molecule has 0 bridgehead atoms. The van der Waals surface area contributed by atoms with Crippen LogP contribution >= 0.6 is 0 Å². The molecule has 0 aliphatic carbocycles. The maximum absolute atomic E-state index is 13.8. The van der Waals surface area contributed by atoms with E-state index in [1.807, 2.05) is 31.2 Å². The van der Waals surface area contributed by atoms with Gasteiger partial charge in [0.2, 0.25) is 5.95 Å². The molecule has 10 heteroatoms. The smallest absolute Gasteiger partial charge is 0.255 e. The molecule has 1 atom stereocenters. The number of aromatic nitrogens is 3. The van der Waals surface area contributed by atoms with Gasteiger partial charge in [-0.2, -0.15) is 10.1 Å². The van der Waals surface area contributed by atoms with Crippen LogP contribution in [0.25, 0.3) is 0 Å². The molecule has 0 radical (unpaired) electrons. The van der Waals surface area contributed by atoms with E-state index in [4.69, 9.17) is 14.2 Å². The number of hydrogen-bond donors (Lipinski definition) is 2. The highest BCUT2D eigenvalue weighted by atomic mass is 19.1. The van der Waals surface area contributed by atoms with Gasteiger partial charge in [0, 0.05) is 11.8 Å². The number of nitrogens with one attached hydrogen (secondary N) is 2. The van der Waals surface area contributed by atoms with Crippen molar-refractivity contribution in [3.05, 3.63) is 101 Å². The lowest BCUT2D eigenvalue weighted by Crippen LogP contribution is -2.31. The lowest BCUT2D eigenvalue weighted by atomic mass is 9.94. The lowest BCUT2D eigenvalue weighted by Gasteiger charge is -2.29. The second-order valence-electron chi connectivity index (χ2n) is 8.60. The Morgan fingerprint density at radius 1 is 1.05 bits per heavy atom. The van der Waals surface area contributed by atoms with Crippen molar-refractivity contribution in [3.8, 4) is 17.2 Å². The van der Waals surface area contributed by atoms with Crippen molar-refractivity contribution >= 4 is 17.5 Å². The van der Waals surface area contributed by atoms with Gasteiger partial charge in [0.05, 0.1) is 25.5 Å². The van der Waals surface area contributed by atoms with Crippen LogP contribution < -0.4 is 24.8 Å². The Morgan fingerprint density at radius 3 is 2.63 bits per heavy atom. The van der Waals surface area contributed by atoms with E-state index in [1.165, 1.54) is 25.6 Å². The van der Waals surface area contributed by atoms with Crippen molar-refractivity contribution in [1.82, 2.24) is 14.8 Å². The van der Waals surface area contributed by atoms with Crippen LogP contribution in [0.2, 0.25) is 0 Å². The summed E-state index contributed by atoms with van der Waals surface area (Å²) >= 11 is 0. The summed E-state index contributed by atoms with van der Waals surface area (Å²) in [5.74, 6) is 1.54. The predicted octanol–water partition coefficient (Wildman–Crippen LogP) is 4.94. The van der Waals surface area contributed by atoms with Gasteiger partial charge in [-0.15, -0.1) is 0 Å². The van der Waals surface area contributed by atoms with Crippen LogP contribution in [0.1, 0.15) is 24.1 Å². The number of hydrogen-bond acceptors (Lipinski definition) is 7. The van der Waals surface area contributed by atoms with E-state index in [0.29, 0.717) is 40.2 Å². The van der Waals surface area contributed by atoms with Crippen LogP contribution in [0.15, 0.2) is 84.3 Å². The zero-order valence-corrected chi connectivity index (χ0v) is 21.1. The fraction of sp³-hybridized carbons (Fsp3) is 0.179. The van der Waals surface area contributed by atoms with Crippen molar-refractivity contribution in [3.63, 3.8) is 0 Å². The molecule has 0 fully saturated rings. The molecular formula is C28H26FN5O4. The highest BCUT2D eigenvalue weighted by molar-refractivity contribution is 6.06. The number of fused-ring (bicyclic) bond motifs is 1. The largest absolute Gasteiger partial charge is 0.497 e. The minimum atomic E-state index is -0.584. The van der Waals surface area contributed by atoms with Crippen LogP contribution in [0.3, 0.4) is 0 Å². The highest BCUT2D eigenvalue weighted by Crippen LogP contribution is 2.37. The molecule has 2 N–H and O–H groups in total. The summed E-state index contributed by atoms with van der Waals surface area (Å²) in [4.78, 5) is 18.0. The average Bonchev–Trinajstić information content (AvgIpc) is 3.40. The standard InChI is InChI=1S/C28H26FN5O4/c1-17-25(27(35)33-23-14-21(36-2)11-12-24(23)37-3)26(34-28(32-17)30-16-31-34)19-5-4-6-22(13-19)38-15-18-7-9-20(29)10-8-18/h4-14,16,26H,15H2,1-3H3,(H,33,35)(H,30,31,32)/t26-/m1/s1. The number of carbonyl (C=O) groups is 1. The molecule has 4 aromatic rings. The van der Waals surface area contributed by atoms with Gasteiger partial charge in [0.1, 0.15) is 42.0 Å². The Labute approximate surface area is 218 Å². The molecule has 0 saturated carbocycles. The monoisotopic (exact) mass is 515 g/mol. The normalized spacial score (nSPS) is 14.4. The zero-order chi connectivity index (χ0) is 26.6. The number of amides is 1. The molecular weight excluding hydrogens is 489 g/mol. The number of methoxy groups -OCH3 is 2. The molecule has 5 rings (SSSR count). The first-order valence-corrected chi connectivity index (χ1v) is 11.8. The van der Waals surface area contributed by atoms with Crippen LogP contribution in [-0.4, -0.2) is 34.9 Å². The molecule has 2 heterocycles. The number of allylic oxidation sites excluding steroid dienone is 1. The Hall–Kier alpha value is -4.86. The fourth-order valence-corrected chi connectivity index (χ4v) is 4.32. The van der Waals surface area contributed by atoms with Gasteiger partial charge in [0.15, 0.2) is 0 Å². The highest BCUT2D eigenvalue weighted by Gasteiger charge is 2.34. The van der Waals surface area contributed by atoms with Gasteiger partial charge >= 0.3 is 0 Å². The SMILES string of the molecule is COc1ccc(OC)c(NC(=O)C2=C(C)Nc3ncnn3[C@@H]2c2cccc(OCc3ccc(F)cc3)c2)c1. The van der Waals surface area contributed by atoms with Crippen molar-refractivity contribution < 1.29 is 23.4 Å². The van der Waals surface area contributed by atoms with Gasteiger partial charge in [-0.05, 0) is 54.4 Å². The summed E-state index contributed by atoms with van der Waals surface area (Å²) in [5.41, 5.74) is 3.16. The van der Waals surface area contributed by atoms with Gasteiger partial charge in [0.25, 0.3) is 5.91 Å².